The van der Waals surface area contributed by atoms with Gasteiger partial charge in [-0.2, -0.15) is 13.2 Å². The molecular formula is C23H20ClF3N4O4. The van der Waals surface area contributed by atoms with Crippen LogP contribution in [0.1, 0.15) is 37.7 Å². The van der Waals surface area contributed by atoms with E-state index in [1.807, 2.05) is 4.57 Å². The molecule has 0 unspecified atom stereocenters. The lowest BCUT2D eigenvalue weighted by molar-refractivity contribution is -0.137. The van der Waals surface area contributed by atoms with Gasteiger partial charge in [-0.15, -0.1) is 12.4 Å². The molecule has 0 saturated heterocycles. The molecule has 4 aromatic rings. The van der Waals surface area contributed by atoms with Gasteiger partial charge in [0.25, 0.3) is 0 Å². The Labute approximate surface area is 203 Å². The van der Waals surface area contributed by atoms with E-state index in [1.165, 1.54) is 31.2 Å². The van der Waals surface area contributed by atoms with Crippen LogP contribution in [0.5, 0.6) is 0 Å². The molecule has 3 N–H and O–H groups in total. The lowest BCUT2D eigenvalue weighted by atomic mass is 10.0. The Kier molecular flexibility index (Phi) is 8.79. The van der Waals surface area contributed by atoms with E-state index in [1.54, 1.807) is 31.0 Å². The molecule has 4 rings (SSSR count). The Hall–Kier alpha value is -4.12. The van der Waals surface area contributed by atoms with Crippen molar-refractivity contribution in [1.82, 2.24) is 19.5 Å². The van der Waals surface area contributed by atoms with Crippen molar-refractivity contribution in [3.63, 3.8) is 0 Å². The van der Waals surface area contributed by atoms with Crippen LogP contribution in [-0.2, 0) is 12.7 Å². The Morgan fingerprint density at radius 2 is 1.69 bits per heavy atom. The summed E-state index contributed by atoms with van der Waals surface area (Å²) in [6, 6.07) is 9.29. The number of carboxylic acids is 2. The van der Waals surface area contributed by atoms with Crippen molar-refractivity contribution in [3.8, 4) is 11.3 Å². The summed E-state index contributed by atoms with van der Waals surface area (Å²) >= 11 is 0. The number of aromatic amines is 1. The van der Waals surface area contributed by atoms with E-state index < -0.39 is 23.7 Å². The summed E-state index contributed by atoms with van der Waals surface area (Å²) in [5.74, 6) is -1.57. The fraction of sp³-hybridized carbons (Fsp3) is 0.130. The van der Waals surface area contributed by atoms with Crippen molar-refractivity contribution in [3.05, 3.63) is 95.5 Å². The Balaban J connectivity index is 0.000000268. The number of halogens is 4. The maximum absolute atomic E-state index is 12.7. The molecule has 0 radical (unpaired) electrons. The molecule has 0 aliphatic rings. The van der Waals surface area contributed by atoms with Crippen LogP contribution >= 0.6 is 12.4 Å². The molecule has 0 atom stereocenters. The van der Waals surface area contributed by atoms with Gasteiger partial charge < -0.3 is 19.8 Å². The molecule has 2 aromatic heterocycles. The number of aromatic nitrogens is 4. The maximum Gasteiger partial charge on any atom is 0.416 e. The van der Waals surface area contributed by atoms with Crippen LogP contribution in [0.25, 0.3) is 11.3 Å². The van der Waals surface area contributed by atoms with E-state index in [2.05, 4.69) is 15.0 Å². The molecule has 2 aromatic carbocycles. The highest BCUT2D eigenvalue weighted by Gasteiger charge is 2.30. The highest BCUT2D eigenvalue weighted by Crippen LogP contribution is 2.31. The monoisotopic (exact) mass is 508 g/mol. The number of carboxylic acid groups (broad SMARTS) is 2. The molecule has 0 amide bonds. The zero-order valence-corrected chi connectivity index (χ0v) is 19.0. The number of hydrogen-bond donors (Lipinski definition) is 3. The summed E-state index contributed by atoms with van der Waals surface area (Å²) in [5.41, 5.74) is 0.565. The molecule has 12 heteroatoms. The van der Waals surface area contributed by atoms with Crippen molar-refractivity contribution < 1.29 is 33.0 Å². The smallest absolute Gasteiger partial charge is 0.416 e. The van der Waals surface area contributed by atoms with E-state index in [4.69, 9.17) is 10.2 Å². The van der Waals surface area contributed by atoms with Gasteiger partial charge in [-0.1, -0.05) is 18.2 Å². The number of nitrogens with zero attached hydrogens (tertiary/aromatic N) is 3. The first-order valence-electron chi connectivity index (χ1n) is 9.80. The van der Waals surface area contributed by atoms with E-state index in [9.17, 15) is 22.8 Å². The van der Waals surface area contributed by atoms with Crippen LogP contribution in [-0.4, -0.2) is 41.7 Å². The largest absolute Gasteiger partial charge is 0.478 e. The Morgan fingerprint density at radius 1 is 1.06 bits per heavy atom. The topological polar surface area (TPSA) is 121 Å². The zero-order chi connectivity index (χ0) is 24.9. The third-order valence-corrected chi connectivity index (χ3v) is 4.80. The van der Waals surface area contributed by atoms with E-state index in [-0.39, 0.29) is 29.1 Å². The van der Waals surface area contributed by atoms with Gasteiger partial charge in [0.05, 0.1) is 35.3 Å². The number of benzene rings is 2. The Morgan fingerprint density at radius 3 is 2.23 bits per heavy atom. The number of rotatable bonds is 5. The molecule has 0 aliphatic carbocycles. The molecular weight excluding hydrogens is 489 g/mol. The van der Waals surface area contributed by atoms with Crippen LogP contribution in [0.2, 0.25) is 0 Å². The molecule has 0 aliphatic heterocycles. The van der Waals surface area contributed by atoms with Gasteiger partial charge in [0, 0.05) is 24.2 Å². The average molecular weight is 509 g/mol. The minimum atomic E-state index is -4.36. The van der Waals surface area contributed by atoms with Gasteiger partial charge in [-0.05, 0) is 36.8 Å². The number of hydrogen-bond acceptors (Lipinski definition) is 4. The number of imidazole rings is 2. The summed E-state index contributed by atoms with van der Waals surface area (Å²) in [5, 5.41) is 17.4. The summed E-state index contributed by atoms with van der Waals surface area (Å²) < 4.78 is 39.9. The first-order chi connectivity index (χ1) is 16.1. The second-order valence-electron chi connectivity index (χ2n) is 7.13. The third-order valence-electron chi connectivity index (χ3n) is 4.80. The number of alkyl halides is 3. The number of H-pyrrole nitrogens is 1. The molecule has 2 heterocycles. The normalized spacial score (nSPS) is 10.6. The van der Waals surface area contributed by atoms with E-state index in [0.717, 1.165) is 12.1 Å². The van der Waals surface area contributed by atoms with Crippen LogP contribution in [0.3, 0.4) is 0 Å². The maximum atomic E-state index is 12.7. The van der Waals surface area contributed by atoms with Gasteiger partial charge >= 0.3 is 18.1 Å². The van der Waals surface area contributed by atoms with Gasteiger partial charge in [0.1, 0.15) is 5.82 Å². The SMILES string of the molecule is Cc1c(C(=O)O)cccc1C(=O)O.Cl.FC(F)(F)c1cccc(-c2c[nH]c(Cn3ccnc3)n2)c1. The predicted molar refractivity (Wildman–Crippen MR) is 123 cm³/mol. The highest BCUT2D eigenvalue weighted by atomic mass is 35.5. The summed E-state index contributed by atoms with van der Waals surface area (Å²) in [6.45, 7) is 1.96. The lowest BCUT2D eigenvalue weighted by Gasteiger charge is -2.07. The second-order valence-corrected chi connectivity index (χ2v) is 7.13. The highest BCUT2D eigenvalue weighted by molar-refractivity contribution is 5.96. The molecule has 35 heavy (non-hydrogen) atoms. The summed E-state index contributed by atoms with van der Waals surface area (Å²) in [6.07, 6.45) is 2.32. The number of aromatic carboxylic acids is 2. The van der Waals surface area contributed by atoms with Crippen molar-refractivity contribution in [2.75, 3.05) is 0 Å². The molecule has 0 bridgehead atoms. The lowest BCUT2D eigenvalue weighted by Crippen LogP contribution is -2.06. The number of nitrogens with one attached hydrogen (secondary N) is 1. The van der Waals surface area contributed by atoms with Crippen molar-refractivity contribution in [2.24, 2.45) is 0 Å². The van der Waals surface area contributed by atoms with Crippen LogP contribution < -0.4 is 0 Å². The number of carbonyl (C=O) groups is 2. The standard InChI is InChI=1S/C14H11F3N4.C9H8O4.ClH/c15-14(16,17)11-3-1-2-10(6-11)12-7-19-13(20-12)8-21-5-4-18-9-21;1-5-6(8(10)11)3-2-4-7(5)9(12)13;/h1-7,9H,8H2,(H,19,20);2-4H,1H3,(H,10,11)(H,12,13);1H. The molecule has 0 spiro atoms. The molecule has 0 saturated carbocycles. The molecule has 184 valence electrons. The minimum Gasteiger partial charge on any atom is -0.478 e. The van der Waals surface area contributed by atoms with Crippen LogP contribution in [0, 0.1) is 6.92 Å². The first kappa shape index (κ1) is 27.1. The van der Waals surface area contributed by atoms with Gasteiger partial charge in [-0.25, -0.2) is 19.6 Å². The summed E-state index contributed by atoms with van der Waals surface area (Å²) in [7, 11) is 0. The average Bonchev–Trinajstić information content (AvgIpc) is 3.46. The van der Waals surface area contributed by atoms with Crippen molar-refractivity contribution in [2.45, 2.75) is 19.6 Å². The van der Waals surface area contributed by atoms with Gasteiger partial charge in [0.2, 0.25) is 0 Å². The van der Waals surface area contributed by atoms with Crippen LogP contribution in [0.4, 0.5) is 13.2 Å². The van der Waals surface area contributed by atoms with E-state index in [0.29, 0.717) is 23.6 Å². The molecule has 0 fully saturated rings. The minimum absolute atomic E-state index is 0. The summed E-state index contributed by atoms with van der Waals surface area (Å²) in [4.78, 5) is 32.4. The van der Waals surface area contributed by atoms with Crippen molar-refractivity contribution >= 4 is 24.3 Å². The quantitative estimate of drug-likeness (QED) is 0.342. The van der Waals surface area contributed by atoms with Gasteiger partial charge in [0.15, 0.2) is 0 Å². The van der Waals surface area contributed by atoms with Crippen molar-refractivity contribution in [1.29, 1.82) is 0 Å². The third kappa shape index (κ3) is 6.93. The Bertz CT molecular complexity index is 1270. The second kappa shape index (κ2) is 11.3. The van der Waals surface area contributed by atoms with E-state index >= 15 is 0 Å². The zero-order valence-electron chi connectivity index (χ0n) is 18.2. The fourth-order valence-electron chi connectivity index (χ4n) is 3.10. The molecule has 8 nitrogen and oxygen atoms in total. The predicted octanol–water partition coefficient (Wildman–Crippen LogP) is 5.15. The van der Waals surface area contributed by atoms with Crippen LogP contribution in [0.15, 0.2) is 67.4 Å². The first-order valence-corrected chi connectivity index (χ1v) is 9.80. The fourth-order valence-corrected chi connectivity index (χ4v) is 3.10. The van der Waals surface area contributed by atoms with Gasteiger partial charge in [-0.3, -0.25) is 0 Å².